The number of aromatic nitrogens is 2. The lowest BCUT2D eigenvalue weighted by Crippen LogP contribution is -2.14. The molecule has 15 heavy (non-hydrogen) atoms. The standard InChI is InChI=1S/C8H6F3N3S/c1-14(2)8-4(10)3(9)6-7(5(8)11)13-15-12-6/h1-2H3. The van der Waals surface area contributed by atoms with E-state index < -0.39 is 23.1 Å². The van der Waals surface area contributed by atoms with Gasteiger partial charge >= 0.3 is 0 Å². The van der Waals surface area contributed by atoms with E-state index in [0.717, 1.165) is 4.90 Å². The van der Waals surface area contributed by atoms with Crippen LogP contribution in [0, 0.1) is 17.5 Å². The number of rotatable bonds is 1. The van der Waals surface area contributed by atoms with E-state index in [9.17, 15) is 13.2 Å². The lowest BCUT2D eigenvalue weighted by Gasteiger charge is -2.14. The molecule has 0 bridgehead atoms. The topological polar surface area (TPSA) is 29.0 Å². The zero-order valence-electron chi connectivity index (χ0n) is 7.88. The third-order valence-corrected chi connectivity index (χ3v) is 2.49. The van der Waals surface area contributed by atoms with Crippen LogP contribution in [0.4, 0.5) is 18.9 Å². The zero-order chi connectivity index (χ0) is 11.2. The molecule has 2 rings (SSSR count). The number of hydrogen-bond acceptors (Lipinski definition) is 4. The third-order valence-electron chi connectivity index (χ3n) is 1.96. The van der Waals surface area contributed by atoms with Gasteiger partial charge < -0.3 is 4.90 Å². The highest BCUT2D eigenvalue weighted by Gasteiger charge is 2.23. The van der Waals surface area contributed by atoms with Crippen LogP contribution in [0.3, 0.4) is 0 Å². The Morgan fingerprint density at radius 2 is 1.47 bits per heavy atom. The zero-order valence-corrected chi connectivity index (χ0v) is 8.70. The molecule has 0 N–H and O–H groups in total. The van der Waals surface area contributed by atoms with E-state index >= 15 is 0 Å². The number of fused-ring (bicyclic) bond motifs is 1. The summed E-state index contributed by atoms with van der Waals surface area (Å²) in [6.45, 7) is 0. The Labute approximate surface area is 87.5 Å². The van der Waals surface area contributed by atoms with Gasteiger partial charge in [0.25, 0.3) is 0 Å². The maximum Gasteiger partial charge on any atom is 0.190 e. The summed E-state index contributed by atoms with van der Waals surface area (Å²) >= 11 is 0.645. The van der Waals surface area contributed by atoms with Crippen molar-refractivity contribution in [2.45, 2.75) is 0 Å². The van der Waals surface area contributed by atoms with Gasteiger partial charge in [0.15, 0.2) is 17.5 Å². The minimum Gasteiger partial charge on any atom is -0.373 e. The summed E-state index contributed by atoms with van der Waals surface area (Å²) in [4.78, 5) is 1.16. The molecular weight excluding hydrogens is 227 g/mol. The third kappa shape index (κ3) is 1.34. The fourth-order valence-electron chi connectivity index (χ4n) is 1.29. The molecule has 80 valence electrons. The Balaban J connectivity index is 2.92. The predicted molar refractivity (Wildman–Crippen MR) is 51.6 cm³/mol. The number of anilines is 1. The average Bonchev–Trinajstić information content (AvgIpc) is 2.62. The van der Waals surface area contributed by atoms with E-state index in [1.54, 1.807) is 0 Å². The van der Waals surface area contributed by atoms with Crippen LogP contribution in [-0.4, -0.2) is 22.8 Å². The fraction of sp³-hybridized carbons (Fsp3) is 0.250. The SMILES string of the molecule is CN(C)c1c(F)c(F)c2nsnc2c1F. The van der Waals surface area contributed by atoms with Crippen molar-refractivity contribution in [3.63, 3.8) is 0 Å². The molecule has 0 unspecified atom stereocenters. The molecule has 7 heteroatoms. The summed E-state index contributed by atoms with van der Waals surface area (Å²) in [5, 5.41) is 0. The van der Waals surface area contributed by atoms with Gasteiger partial charge in [-0.1, -0.05) is 0 Å². The Kier molecular flexibility index (Phi) is 2.26. The summed E-state index contributed by atoms with van der Waals surface area (Å²) < 4.78 is 47.5. The van der Waals surface area contributed by atoms with Crippen LogP contribution in [0.1, 0.15) is 0 Å². The van der Waals surface area contributed by atoms with Crippen LogP contribution in [0.15, 0.2) is 0 Å². The van der Waals surface area contributed by atoms with Gasteiger partial charge in [-0.05, 0) is 0 Å². The van der Waals surface area contributed by atoms with E-state index in [2.05, 4.69) is 8.75 Å². The van der Waals surface area contributed by atoms with Gasteiger partial charge in [-0.2, -0.15) is 8.75 Å². The lowest BCUT2D eigenvalue weighted by atomic mass is 10.2. The van der Waals surface area contributed by atoms with Crippen molar-refractivity contribution in [3.8, 4) is 0 Å². The summed E-state index contributed by atoms with van der Waals surface area (Å²) in [5.41, 5.74) is -1.03. The minimum absolute atomic E-state index is 0.234. The van der Waals surface area contributed by atoms with E-state index in [1.807, 2.05) is 0 Å². The van der Waals surface area contributed by atoms with Crippen LogP contribution in [0.25, 0.3) is 11.0 Å². The number of benzene rings is 1. The summed E-state index contributed by atoms with van der Waals surface area (Å²) in [6, 6.07) is 0. The van der Waals surface area contributed by atoms with Gasteiger partial charge in [0.1, 0.15) is 16.7 Å². The monoisotopic (exact) mass is 233 g/mol. The maximum atomic E-state index is 13.6. The average molecular weight is 233 g/mol. The van der Waals surface area contributed by atoms with Gasteiger partial charge in [-0.25, -0.2) is 13.2 Å². The van der Waals surface area contributed by atoms with Crippen molar-refractivity contribution in [3.05, 3.63) is 17.5 Å². The van der Waals surface area contributed by atoms with E-state index in [-0.39, 0.29) is 11.0 Å². The van der Waals surface area contributed by atoms with Crippen molar-refractivity contribution >= 4 is 28.4 Å². The molecule has 0 aliphatic rings. The molecule has 0 fully saturated rings. The first-order chi connectivity index (χ1) is 7.04. The van der Waals surface area contributed by atoms with Gasteiger partial charge in [0.05, 0.1) is 11.7 Å². The van der Waals surface area contributed by atoms with Crippen molar-refractivity contribution in [2.24, 2.45) is 0 Å². The smallest absolute Gasteiger partial charge is 0.190 e. The van der Waals surface area contributed by atoms with Crippen LogP contribution in [-0.2, 0) is 0 Å². The van der Waals surface area contributed by atoms with Gasteiger partial charge in [0, 0.05) is 14.1 Å². The number of nitrogens with zero attached hydrogens (tertiary/aromatic N) is 3. The molecule has 3 nitrogen and oxygen atoms in total. The molecule has 0 saturated heterocycles. The number of hydrogen-bond donors (Lipinski definition) is 0. The molecule has 0 saturated carbocycles. The normalized spacial score (nSPS) is 11.0. The molecule has 1 aromatic heterocycles. The lowest BCUT2D eigenvalue weighted by molar-refractivity contribution is 0.504. The largest absolute Gasteiger partial charge is 0.373 e. The summed E-state index contributed by atoms with van der Waals surface area (Å²) in [7, 11) is 2.85. The van der Waals surface area contributed by atoms with E-state index in [4.69, 9.17) is 0 Å². The Morgan fingerprint density at radius 3 is 2.00 bits per heavy atom. The minimum atomic E-state index is -1.24. The predicted octanol–water partition coefficient (Wildman–Crippen LogP) is 2.17. The molecule has 0 atom stereocenters. The van der Waals surface area contributed by atoms with Crippen molar-refractivity contribution in [1.82, 2.24) is 8.75 Å². The van der Waals surface area contributed by atoms with Crippen LogP contribution in [0.5, 0.6) is 0 Å². The van der Waals surface area contributed by atoms with Gasteiger partial charge in [-0.3, -0.25) is 0 Å². The van der Waals surface area contributed by atoms with Crippen molar-refractivity contribution < 1.29 is 13.2 Å². The highest BCUT2D eigenvalue weighted by Crippen LogP contribution is 2.31. The second-order valence-corrected chi connectivity index (χ2v) is 3.67. The molecule has 0 aliphatic heterocycles. The Morgan fingerprint density at radius 1 is 0.933 bits per heavy atom. The first-order valence-corrected chi connectivity index (χ1v) is 4.73. The quantitative estimate of drug-likeness (QED) is 0.707. The van der Waals surface area contributed by atoms with Gasteiger partial charge in [-0.15, -0.1) is 0 Å². The number of halogens is 3. The molecule has 2 aromatic rings. The molecule has 1 aromatic carbocycles. The van der Waals surface area contributed by atoms with Crippen LogP contribution < -0.4 is 4.90 Å². The highest BCUT2D eigenvalue weighted by molar-refractivity contribution is 7.00. The van der Waals surface area contributed by atoms with E-state index in [0.29, 0.717) is 11.7 Å². The molecule has 0 spiro atoms. The maximum absolute atomic E-state index is 13.6. The highest BCUT2D eigenvalue weighted by atomic mass is 32.1. The Hall–Kier alpha value is -1.37. The van der Waals surface area contributed by atoms with Crippen LogP contribution >= 0.6 is 11.7 Å². The second-order valence-electron chi connectivity index (χ2n) is 3.15. The molecule has 0 aliphatic carbocycles. The fourth-order valence-corrected chi connectivity index (χ4v) is 1.82. The molecule has 0 radical (unpaired) electrons. The van der Waals surface area contributed by atoms with Gasteiger partial charge in [0.2, 0.25) is 0 Å². The Bertz CT molecular complexity index is 523. The molecular formula is C8H6F3N3S. The first-order valence-electron chi connectivity index (χ1n) is 4.00. The molecule has 1 heterocycles. The molecule has 0 amide bonds. The van der Waals surface area contributed by atoms with E-state index in [1.165, 1.54) is 14.1 Å². The van der Waals surface area contributed by atoms with Crippen molar-refractivity contribution in [1.29, 1.82) is 0 Å². The van der Waals surface area contributed by atoms with Crippen molar-refractivity contribution in [2.75, 3.05) is 19.0 Å². The first kappa shape index (κ1) is 10.2. The summed E-state index contributed by atoms with van der Waals surface area (Å²) in [5.74, 6) is -3.29. The summed E-state index contributed by atoms with van der Waals surface area (Å²) in [6.07, 6.45) is 0. The second kappa shape index (κ2) is 3.34. The van der Waals surface area contributed by atoms with Crippen LogP contribution in [0.2, 0.25) is 0 Å².